The molecule has 0 spiro atoms. The fraction of sp³-hybridized carbons (Fsp3) is 0.636. The zero-order valence-corrected chi connectivity index (χ0v) is 8.27. The molecule has 0 amide bonds. The van der Waals surface area contributed by atoms with E-state index in [1.165, 1.54) is 0 Å². The van der Waals surface area contributed by atoms with Gasteiger partial charge < -0.3 is 10.2 Å². The van der Waals surface area contributed by atoms with Crippen LogP contribution < -0.4 is 0 Å². The third-order valence-electron chi connectivity index (χ3n) is 3.07. The highest BCUT2D eigenvalue weighted by atomic mass is 16.3. The van der Waals surface area contributed by atoms with Crippen molar-refractivity contribution in [1.29, 1.82) is 0 Å². The number of hydrogen-bond acceptors (Lipinski definition) is 2. The second-order valence-corrected chi connectivity index (χ2v) is 3.93. The zero-order valence-electron chi connectivity index (χ0n) is 8.27. The molecule has 0 radical (unpaired) electrons. The predicted molar refractivity (Wildman–Crippen MR) is 53.3 cm³/mol. The summed E-state index contributed by atoms with van der Waals surface area (Å²) in [4.78, 5) is 0. The van der Waals surface area contributed by atoms with Gasteiger partial charge >= 0.3 is 0 Å². The molecule has 2 nitrogen and oxygen atoms in total. The van der Waals surface area contributed by atoms with Gasteiger partial charge in [-0.2, -0.15) is 0 Å². The van der Waals surface area contributed by atoms with Crippen LogP contribution in [0.5, 0.6) is 0 Å². The van der Waals surface area contributed by atoms with Gasteiger partial charge in [-0.3, -0.25) is 0 Å². The summed E-state index contributed by atoms with van der Waals surface area (Å²) < 4.78 is 0. The zero-order chi connectivity index (χ0) is 9.90. The predicted octanol–water partition coefficient (Wildman–Crippen LogP) is 1.50. The van der Waals surface area contributed by atoms with Gasteiger partial charge in [0, 0.05) is 12.0 Å². The van der Waals surface area contributed by atoms with E-state index in [0.29, 0.717) is 12.3 Å². The summed E-state index contributed by atoms with van der Waals surface area (Å²) in [7, 11) is 0. The third-order valence-corrected chi connectivity index (χ3v) is 3.07. The monoisotopic (exact) mass is 182 g/mol. The molecule has 13 heavy (non-hydrogen) atoms. The topological polar surface area (TPSA) is 40.5 Å². The van der Waals surface area contributed by atoms with Crippen LogP contribution in [0.15, 0.2) is 24.3 Å². The first-order valence-electron chi connectivity index (χ1n) is 4.76. The van der Waals surface area contributed by atoms with Crippen molar-refractivity contribution in [2.45, 2.75) is 26.4 Å². The number of aliphatic hydroxyl groups excluding tert-OH is 2. The van der Waals surface area contributed by atoms with Crippen molar-refractivity contribution in [3.05, 3.63) is 24.3 Å². The highest BCUT2D eigenvalue weighted by Gasteiger charge is 2.35. The van der Waals surface area contributed by atoms with Gasteiger partial charge in [-0.1, -0.05) is 38.2 Å². The van der Waals surface area contributed by atoms with Gasteiger partial charge in [-0.15, -0.1) is 0 Å². The van der Waals surface area contributed by atoms with Crippen molar-refractivity contribution in [2.24, 2.45) is 11.3 Å². The normalized spacial score (nSPS) is 34.9. The Kier molecular flexibility index (Phi) is 3.28. The Bertz CT molecular complexity index is 220. The lowest BCUT2D eigenvalue weighted by molar-refractivity contribution is 0.0261. The quantitative estimate of drug-likeness (QED) is 0.694. The van der Waals surface area contributed by atoms with Crippen LogP contribution in [0.3, 0.4) is 0 Å². The minimum Gasteiger partial charge on any atom is -0.396 e. The van der Waals surface area contributed by atoms with E-state index >= 15 is 0 Å². The Morgan fingerprint density at radius 2 is 2.15 bits per heavy atom. The van der Waals surface area contributed by atoms with Crippen molar-refractivity contribution in [1.82, 2.24) is 0 Å². The summed E-state index contributed by atoms with van der Waals surface area (Å²) in [5.41, 5.74) is -0.225. The van der Waals surface area contributed by atoms with E-state index in [0.717, 1.165) is 0 Å². The maximum Gasteiger partial charge on any atom is 0.0655 e. The van der Waals surface area contributed by atoms with Crippen molar-refractivity contribution >= 4 is 0 Å². The molecule has 1 aliphatic rings. The van der Waals surface area contributed by atoms with E-state index in [-0.39, 0.29) is 12.0 Å². The smallest absolute Gasteiger partial charge is 0.0655 e. The van der Waals surface area contributed by atoms with Crippen LogP contribution in [0.2, 0.25) is 0 Å². The van der Waals surface area contributed by atoms with Crippen LogP contribution >= 0.6 is 0 Å². The van der Waals surface area contributed by atoms with Crippen LogP contribution in [-0.4, -0.2) is 22.9 Å². The van der Waals surface area contributed by atoms with E-state index in [4.69, 9.17) is 5.11 Å². The first-order valence-corrected chi connectivity index (χ1v) is 4.76. The molecule has 3 unspecified atom stereocenters. The Hall–Kier alpha value is -0.600. The summed E-state index contributed by atoms with van der Waals surface area (Å²) in [6.07, 6.45) is 8.05. The molecule has 74 valence electrons. The van der Waals surface area contributed by atoms with E-state index in [1.807, 2.05) is 25.2 Å². The third kappa shape index (κ3) is 2.01. The molecule has 0 aromatic carbocycles. The molecular formula is C11H18O2. The van der Waals surface area contributed by atoms with Gasteiger partial charge in [-0.25, -0.2) is 0 Å². The van der Waals surface area contributed by atoms with Crippen molar-refractivity contribution in [3.8, 4) is 0 Å². The Morgan fingerprint density at radius 3 is 2.69 bits per heavy atom. The van der Waals surface area contributed by atoms with Gasteiger partial charge in [-0.05, 0) is 12.3 Å². The Morgan fingerprint density at radius 1 is 1.46 bits per heavy atom. The Labute approximate surface area is 79.6 Å². The van der Waals surface area contributed by atoms with Gasteiger partial charge in [0.15, 0.2) is 0 Å². The minimum atomic E-state index is -0.464. The maximum atomic E-state index is 9.86. The second kappa shape index (κ2) is 4.07. The van der Waals surface area contributed by atoms with Gasteiger partial charge in [0.2, 0.25) is 0 Å². The van der Waals surface area contributed by atoms with E-state index in [9.17, 15) is 5.11 Å². The lowest BCUT2D eigenvalue weighted by atomic mass is 9.70. The van der Waals surface area contributed by atoms with Crippen molar-refractivity contribution in [2.75, 3.05) is 6.61 Å². The number of hydrogen-bond donors (Lipinski definition) is 2. The summed E-state index contributed by atoms with van der Waals surface area (Å²) in [5, 5.41) is 18.6. The number of allylic oxidation sites excluding steroid dienone is 3. The average Bonchev–Trinajstić information content (AvgIpc) is 2.11. The summed E-state index contributed by atoms with van der Waals surface area (Å²) >= 11 is 0. The van der Waals surface area contributed by atoms with Crippen LogP contribution in [0.1, 0.15) is 20.3 Å². The van der Waals surface area contributed by atoms with Gasteiger partial charge in [0.1, 0.15) is 0 Å². The lowest BCUT2D eigenvalue weighted by Gasteiger charge is -2.37. The van der Waals surface area contributed by atoms with Crippen molar-refractivity contribution in [3.63, 3.8) is 0 Å². The lowest BCUT2D eigenvalue weighted by Crippen LogP contribution is -2.37. The largest absolute Gasteiger partial charge is 0.396 e. The van der Waals surface area contributed by atoms with E-state index in [1.54, 1.807) is 0 Å². The van der Waals surface area contributed by atoms with Gasteiger partial charge in [0.25, 0.3) is 0 Å². The fourth-order valence-corrected chi connectivity index (χ4v) is 1.70. The minimum absolute atomic E-state index is 0.0427. The molecule has 0 aromatic rings. The summed E-state index contributed by atoms with van der Waals surface area (Å²) in [6, 6.07) is 0. The molecule has 0 bridgehead atoms. The Balaban J connectivity index is 2.74. The van der Waals surface area contributed by atoms with E-state index in [2.05, 4.69) is 13.0 Å². The standard InChI is InChI=1S/C11H18O2/c1-9-5-3-4-7-11(9,2)10(13)6-8-12/h3-5,7,9-10,12-13H,6,8H2,1-2H3. The highest BCUT2D eigenvalue weighted by Crippen LogP contribution is 2.37. The van der Waals surface area contributed by atoms with Crippen LogP contribution in [0.4, 0.5) is 0 Å². The molecule has 0 heterocycles. The van der Waals surface area contributed by atoms with Crippen LogP contribution in [0.25, 0.3) is 0 Å². The molecule has 1 aliphatic carbocycles. The van der Waals surface area contributed by atoms with E-state index < -0.39 is 6.10 Å². The maximum absolute atomic E-state index is 9.86. The fourth-order valence-electron chi connectivity index (χ4n) is 1.70. The molecule has 2 N–H and O–H groups in total. The average molecular weight is 182 g/mol. The molecule has 1 rings (SSSR count). The van der Waals surface area contributed by atoms with Gasteiger partial charge in [0.05, 0.1) is 6.10 Å². The molecule has 0 aliphatic heterocycles. The molecule has 0 fully saturated rings. The molecule has 0 saturated carbocycles. The van der Waals surface area contributed by atoms with Crippen LogP contribution in [-0.2, 0) is 0 Å². The molecular weight excluding hydrogens is 164 g/mol. The summed E-state index contributed by atoms with van der Waals surface area (Å²) in [5.74, 6) is 0.319. The van der Waals surface area contributed by atoms with Crippen molar-refractivity contribution < 1.29 is 10.2 Å². The highest BCUT2D eigenvalue weighted by molar-refractivity contribution is 5.19. The number of rotatable bonds is 3. The number of aliphatic hydroxyl groups is 2. The SMILES string of the molecule is CC1C=CC=CC1(C)C(O)CCO. The summed E-state index contributed by atoms with van der Waals surface area (Å²) in [6.45, 7) is 4.15. The molecule has 0 saturated heterocycles. The molecule has 2 heteroatoms. The van der Waals surface area contributed by atoms with Crippen LogP contribution in [0, 0.1) is 11.3 Å². The first-order chi connectivity index (χ1) is 6.11. The molecule has 3 atom stereocenters. The molecule has 0 aromatic heterocycles. The second-order valence-electron chi connectivity index (χ2n) is 3.93. The first kappa shape index (κ1) is 10.5.